The lowest BCUT2D eigenvalue weighted by Gasteiger charge is -2.04. The van der Waals surface area contributed by atoms with Crippen LogP contribution in [0.4, 0.5) is 4.39 Å². The van der Waals surface area contributed by atoms with Crippen molar-refractivity contribution in [2.24, 2.45) is 0 Å². The maximum atomic E-state index is 13.7. The lowest BCUT2D eigenvalue weighted by atomic mass is 10.0. The van der Waals surface area contributed by atoms with Gasteiger partial charge in [-0.2, -0.15) is 0 Å². The Morgan fingerprint density at radius 1 is 0.643 bits per heavy atom. The molecule has 4 aromatic carbocycles. The average molecular weight is 363 g/mol. The van der Waals surface area contributed by atoms with Crippen LogP contribution in [-0.2, 0) is 0 Å². The van der Waals surface area contributed by atoms with Crippen LogP contribution in [0.1, 0.15) is 0 Å². The van der Waals surface area contributed by atoms with E-state index in [0.29, 0.717) is 0 Å². The summed E-state index contributed by atoms with van der Waals surface area (Å²) < 4.78 is 19.7. The first-order chi connectivity index (χ1) is 13.7. The van der Waals surface area contributed by atoms with Gasteiger partial charge in [0.25, 0.3) is 0 Å². The van der Waals surface area contributed by atoms with E-state index >= 15 is 0 Å². The molecule has 0 saturated carbocycles. The number of fused-ring (bicyclic) bond motifs is 5. The summed E-state index contributed by atoms with van der Waals surface area (Å²) in [7, 11) is 0. The van der Waals surface area contributed by atoms with Gasteiger partial charge in [-0.3, -0.25) is 4.98 Å². The smallest absolute Gasteiger partial charge is 0.153 e. The molecule has 28 heavy (non-hydrogen) atoms. The molecule has 0 atom stereocenters. The third kappa shape index (κ3) is 2.30. The van der Waals surface area contributed by atoms with Gasteiger partial charge in [0, 0.05) is 16.3 Å². The zero-order chi connectivity index (χ0) is 18.7. The molecule has 0 N–H and O–H groups in total. The zero-order valence-corrected chi connectivity index (χ0v) is 14.8. The fraction of sp³-hybridized carbons (Fsp3) is 0. The number of benzene rings is 4. The second-order valence-corrected chi connectivity index (χ2v) is 7.07. The number of furan rings is 1. The van der Waals surface area contributed by atoms with E-state index in [1.54, 1.807) is 18.3 Å². The van der Waals surface area contributed by atoms with Crippen molar-refractivity contribution in [2.45, 2.75) is 0 Å². The van der Waals surface area contributed by atoms with Crippen LogP contribution in [0.2, 0.25) is 0 Å². The Morgan fingerprint density at radius 3 is 2.36 bits per heavy atom. The SMILES string of the molecule is Fc1ccc2cc3oc4cnc(-c5ccc6ccccc6c5)cc4c3cc2c1. The molecule has 0 bridgehead atoms. The maximum Gasteiger partial charge on any atom is 0.153 e. The highest BCUT2D eigenvalue weighted by Crippen LogP contribution is 2.34. The molecule has 0 unspecified atom stereocenters. The molecule has 0 spiro atoms. The Hall–Kier alpha value is -3.72. The molecule has 0 aliphatic heterocycles. The number of rotatable bonds is 1. The minimum Gasteiger partial charge on any atom is -0.454 e. The Balaban J connectivity index is 1.60. The Labute approximate surface area is 159 Å². The molecule has 0 amide bonds. The van der Waals surface area contributed by atoms with Crippen LogP contribution in [0.15, 0.2) is 89.5 Å². The summed E-state index contributed by atoms with van der Waals surface area (Å²) in [5.74, 6) is -0.238. The molecular weight excluding hydrogens is 349 g/mol. The predicted molar refractivity (Wildman–Crippen MR) is 112 cm³/mol. The van der Waals surface area contributed by atoms with Crippen LogP contribution in [0.5, 0.6) is 0 Å². The Bertz CT molecular complexity index is 1530. The number of aromatic nitrogens is 1. The molecule has 0 radical (unpaired) electrons. The normalized spacial score (nSPS) is 11.8. The largest absolute Gasteiger partial charge is 0.454 e. The fourth-order valence-electron chi connectivity index (χ4n) is 3.90. The predicted octanol–water partition coefficient (Wildman–Crippen LogP) is 7.09. The van der Waals surface area contributed by atoms with Gasteiger partial charge in [-0.15, -0.1) is 0 Å². The third-order valence-corrected chi connectivity index (χ3v) is 5.32. The summed E-state index contributed by atoms with van der Waals surface area (Å²) in [6.45, 7) is 0. The molecule has 0 aliphatic carbocycles. The molecule has 0 aliphatic rings. The summed E-state index contributed by atoms with van der Waals surface area (Å²) in [6, 6.07) is 25.4. The van der Waals surface area contributed by atoms with Crippen molar-refractivity contribution in [2.75, 3.05) is 0 Å². The quantitative estimate of drug-likeness (QED) is 0.311. The van der Waals surface area contributed by atoms with Crippen LogP contribution in [0, 0.1) is 5.82 Å². The van der Waals surface area contributed by atoms with E-state index in [9.17, 15) is 4.39 Å². The number of hydrogen-bond donors (Lipinski definition) is 0. The van der Waals surface area contributed by atoms with Gasteiger partial charge in [-0.05, 0) is 57.9 Å². The number of halogens is 1. The summed E-state index contributed by atoms with van der Waals surface area (Å²) in [5.41, 5.74) is 3.46. The van der Waals surface area contributed by atoms with E-state index in [2.05, 4.69) is 41.4 Å². The summed E-state index contributed by atoms with van der Waals surface area (Å²) in [4.78, 5) is 4.61. The van der Waals surface area contributed by atoms with Crippen molar-refractivity contribution in [3.63, 3.8) is 0 Å². The molecule has 2 aromatic heterocycles. The van der Waals surface area contributed by atoms with Gasteiger partial charge in [0.05, 0.1) is 11.9 Å². The number of pyridine rings is 1. The fourth-order valence-corrected chi connectivity index (χ4v) is 3.90. The van der Waals surface area contributed by atoms with E-state index in [1.807, 2.05) is 24.3 Å². The van der Waals surface area contributed by atoms with Crippen LogP contribution < -0.4 is 0 Å². The Kier molecular flexibility index (Phi) is 3.09. The van der Waals surface area contributed by atoms with Crippen molar-refractivity contribution in [3.8, 4) is 11.3 Å². The molecule has 0 saturated heterocycles. The summed E-state index contributed by atoms with van der Waals surface area (Å²) in [6.07, 6.45) is 1.77. The first-order valence-electron chi connectivity index (χ1n) is 9.15. The Morgan fingerprint density at radius 2 is 1.43 bits per heavy atom. The van der Waals surface area contributed by atoms with Crippen LogP contribution in [0.25, 0.3) is 54.7 Å². The minimum atomic E-state index is -0.238. The van der Waals surface area contributed by atoms with E-state index in [0.717, 1.165) is 44.0 Å². The van der Waals surface area contributed by atoms with Gasteiger partial charge in [-0.1, -0.05) is 42.5 Å². The van der Waals surface area contributed by atoms with Gasteiger partial charge in [0.2, 0.25) is 0 Å². The molecule has 132 valence electrons. The average Bonchev–Trinajstić information content (AvgIpc) is 3.08. The standard InChI is InChI=1S/C25H14FNO/c26-20-8-7-17-12-24-21(11-19(17)10-20)22-13-23(27-14-25(22)28-24)18-6-5-15-3-1-2-4-16(15)9-18/h1-14H. The topological polar surface area (TPSA) is 26.0 Å². The van der Waals surface area contributed by atoms with Gasteiger partial charge in [0.15, 0.2) is 5.58 Å². The molecular formula is C25H14FNO. The van der Waals surface area contributed by atoms with Crippen molar-refractivity contribution >= 4 is 43.5 Å². The van der Waals surface area contributed by atoms with Crippen molar-refractivity contribution in [1.82, 2.24) is 4.98 Å². The lowest BCUT2D eigenvalue weighted by molar-refractivity contribution is 0.629. The van der Waals surface area contributed by atoms with Crippen LogP contribution in [-0.4, -0.2) is 4.98 Å². The van der Waals surface area contributed by atoms with E-state index < -0.39 is 0 Å². The monoisotopic (exact) mass is 363 g/mol. The molecule has 6 aromatic rings. The van der Waals surface area contributed by atoms with Crippen molar-refractivity contribution in [1.29, 1.82) is 0 Å². The van der Waals surface area contributed by atoms with E-state index in [-0.39, 0.29) is 5.82 Å². The van der Waals surface area contributed by atoms with E-state index in [4.69, 9.17) is 4.42 Å². The third-order valence-electron chi connectivity index (χ3n) is 5.32. The first kappa shape index (κ1) is 15.3. The van der Waals surface area contributed by atoms with Crippen LogP contribution in [0.3, 0.4) is 0 Å². The van der Waals surface area contributed by atoms with Gasteiger partial charge >= 0.3 is 0 Å². The van der Waals surface area contributed by atoms with Gasteiger partial charge < -0.3 is 4.42 Å². The molecule has 0 fully saturated rings. The van der Waals surface area contributed by atoms with E-state index in [1.165, 1.54) is 16.8 Å². The number of hydrogen-bond acceptors (Lipinski definition) is 2. The summed E-state index contributed by atoms with van der Waals surface area (Å²) >= 11 is 0. The second-order valence-electron chi connectivity index (χ2n) is 7.07. The van der Waals surface area contributed by atoms with Gasteiger partial charge in [-0.25, -0.2) is 4.39 Å². The summed E-state index contributed by atoms with van der Waals surface area (Å²) in [5, 5.41) is 6.15. The minimum absolute atomic E-state index is 0.238. The van der Waals surface area contributed by atoms with Gasteiger partial charge in [0.1, 0.15) is 11.4 Å². The second kappa shape index (κ2) is 5.64. The highest BCUT2D eigenvalue weighted by molar-refractivity contribution is 6.10. The van der Waals surface area contributed by atoms with Crippen molar-refractivity contribution in [3.05, 3.63) is 90.9 Å². The highest BCUT2D eigenvalue weighted by atomic mass is 19.1. The molecule has 6 rings (SSSR count). The first-order valence-corrected chi connectivity index (χ1v) is 9.15. The molecule has 2 heterocycles. The molecule has 2 nitrogen and oxygen atoms in total. The highest BCUT2D eigenvalue weighted by Gasteiger charge is 2.11. The van der Waals surface area contributed by atoms with Crippen LogP contribution >= 0.6 is 0 Å². The van der Waals surface area contributed by atoms with Crippen molar-refractivity contribution < 1.29 is 8.81 Å². The lowest BCUT2D eigenvalue weighted by Crippen LogP contribution is -1.83. The number of nitrogens with zero attached hydrogens (tertiary/aromatic N) is 1. The molecule has 3 heteroatoms. The zero-order valence-electron chi connectivity index (χ0n) is 14.8. The maximum absolute atomic E-state index is 13.7.